The third kappa shape index (κ3) is 4.33. The Hall–Kier alpha value is -1.63. The van der Waals surface area contributed by atoms with E-state index >= 15 is 0 Å². The monoisotopic (exact) mass is 258 g/mol. The first-order chi connectivity index (χ1) is 8.32. The van der Waals surface area contributed by atoms with Crippen LogP contribution in [0.2, 0.25) is 0 Å². The van der Waals surface area contributed by atoms with Gasteiger partial charge >= 0.3 is 11.9 Å². The predicted molar refractivity (Wildman–Crippen MR) is 61.8 cm³/mol. The van der Waals surface area contributed by atoms with Crippen molar-refractivity contribution in [3.63, 3.8) is 0 Å². The Bertz CT molecular complexity index is 351. The molecule has 102 valence electrons. The van der Waals surface area contributed by atoms with Crippen molar-refractivity contribution in [1.29, 1.82) is 0 Å². The predicted octanol–water partition coefficient (Wildman–Crippen LogP) is -0.308. The summed E-state index contributed by atoms with van der Waals surface area (Å²) in [5.74, 6) is -2.76. The van der Waals surface area contributed by atoms with Gasteiger partial charge in [-0.1, -0.05) is 0 Å². The second-order valence-electron chi connectivity index (χ2n) is 4.78. The van der Waals surface area contributed by atoms with Crippen LogP contribution in [0.3, 0.4) is 0 Å². The van der Waals surface area contributed by atoms with Crippen LogP contribution in [0, 0.1) is 0 Å². The fourth-order valence-corrected chi connectivity index (χ4v) is 1.90. The number of hydrogen-bond donors (Lipinski definition) is 4. The van der Waals surface area contributed by atoms with Crippen molar-refractivity contribution in [1.82, 2.24) is 5.32 Å². The fraction of sp³-hybridized carbons (Fsp3) is 0.727. The first kappa shape index (κ1) is 14.4. The highest BCUT2D eigenvalue weighted by Crippen LogP contribution is 2.31. The van der Waals surface area contributed by atoms with Crippen molar-refractivity contribution in [3.8, 4) is 0 Å². The first-order valence-electron chi connectivity index (χ1n) is 5.85. The molecule has 5 N–H and O–H groups in total. The maximum Gasteiger partial charge on any atom is 0.326 e. The molecular formula is C11H18N2O5. The largest absolute Gasteiger partial charge is 0.481 e. The SMILES string of the molecule is NC1(CC(=O)N[C@@H](CCC(=O)O)C(=O)O)CCC1. The Labute approximate surface area is 104 Å². The molecule has 0 saturated heterocycles. The number of carboxylic acid groups (broad SMARTS) is 2. The number of rotatable bonds is 7. The average Bonchev–Trinajstić information content (AvgIpc) is 2.21. The topological polar surface area (TPSA) is 130 Å². The van der Waals surface area contributed by atoms with Gasteiger partial charge in [-0.2, -0.15) is 0 Å². The molecule has 0 spiro atoms. The molecule has 0 heterocycles. The Morgan fingerprint density at radius 3 is 2.28 bits per heavy atom. The number of carboxylic acids is 2. The Kier molecular flexibility index (Phi) is 4.66. The summed E-state index contributed by atoms with van der Waals surface area (Å²) < 4.78 is 0. The van der Waals surface area contributed by atoms with Crippen LogP contribution in [0.5, 0.6) is 0 Å². The molecule has 0 aliphatic heterocycles. The molecule has 7 nitrogen and oxygen atoms in total. The van der Waals surface area contributed by atoms with E-state index in [0.717, 1.165) is 19.3 Å². The minimum absolute atomic E-state index is 0.0872. The van der Waals surface area contributed by atoms with E-state index in [1.807, 2.05) is 0 Å². The number of carbonyl (C=O) groups is 3. The molecule has 1 rings (SSSR count). The molecule has 1 fully saturated rings. The van der Waals surface area contributed by atoms with Gasteiger partial charge in [0.15, 0.2) is 0 Å². The van der Waals surface area contributed by atoms with Crippen LogP contribution >= 0.6 is 0 Å². The lowest BCUT2D eigenvalue weighted by molar-refractivity contribution is -0.143. The van der Waals surface area contributed by atoms with Crippen molar-refractivity contribution in [2.24, 2.45) is 5.73 Å². The van der Waals surface area contributed by atoms with E-state index in [1.54, 1.807) is 0 Å². The summed E-state index contributed by atoms with van der Waals surface area (Å²) in [7, 11) is 0. The zero-order valence-corrected chi connectivity index (χ0v) is 10.0. The van der Waals surface area contributed by atoms with E-state index in [4.69, 9.17) is 15.9 Å². The quantitative estimate of drug-likeness (QED) is 0.495. The molecule has 1 amide bonds. The van der Waals surface area contributed by atoms with Crippen molar-refractivity contribution < 1.29 is 24.6 Å². The van der Waals surface area contributed by atoms with E-state index in [9.17, 15) is 14.4 Å². The minimum Gasteiger partial charge on any atom is -0.481 e. The number of carbonyl (C=O) groups excluding carboxylic acids is 1. The molecule has 1 saturated carbocycles. The van der Waals surface area contributed by atoms with Gasteiger partial charge in [0.1, 0.15) is 6.04 Å². The molecule has 0 unspecified atom stereocenters. The molecule has 18 heavy (non-hydrogen) atoms. The van der Waals surface area contributed by atoms with E-state index in [2.05, 4.69) is 5.32 Å². The minimum atomic E-state index is -1.23. The molecule has 1 atom stereocenters. The lowest BCUT2D eigenvalue weighted by Gasteiger charge is -2.37. The normalized spacial score (nSPS) is 18.5. The smallest absolute Gasteiger partial charge is 0.326 e. The van der Waals surface area contributed by atoms with Crippen molar-refractivity contribution in [2.75, 3.05) is 0 Å². The maximum atomic E-state index is 11.6. The van der Waals surface area contributed by atoms with Gasteiger partial charge in [-0.15, -0.1) is 0 Å². The molecule has 0 aromatic heterocycles. The van der Waals surface area contributed by atoms with E-state index < -0.39 is 29.4 Å². The van der Waals surface area contributed by atoms with Crippen LogP contribution in [0.4, 0.5) is 0 Å². The van der Waals surface area contributed by atoms with Gasteiger partial charge in [0, 0.05) is 18.4 Å². The van der Waals surface area contributed by atoms with Gasteiger partial charge in [-0.05, 0) is 25.7 Å². The number of hydrogen-bond acceptors (Lipinski definition) is 4. The highest BCUT2D eigenvalue weighted by molar-refractivity contribution is 5.84. The molecule has 0 aromatic rings. The summed E-state index contributed by atoms with van der Waals surface area (Å²) in [6.07, 6.45) is 2.15. The first-order valence-corrected chi connectivity index (χ1v) is 5.85. The molecule has 0 radical (unpaired) electrons. The molecular weight excluding hydrogens is 240 g/mol. The molecule has 1 aliphatic carbocycles. The summed E-state index contributed by atoms with van der Waals surface area (Å²) in [6.45, 7) is 0. The van der Waals surface area contributed by atoms with Gasteiger partial charge in [0.2, 0.25) is 5.91 Å². The lowest BCUT2D eigenvalue weighted by atomic mass is 9.75. The van der Waals surface area contributed by atoms with Crippen LogP contribution in [0.25, 0.3) is 0 Å². The number of nitrogens with two attached hydrogens (primary N) is 1. The van der Waals surface area contributed by atoms with Crippen LogP contribution in [-0.4, -0.2) is 39.6 Å². The van der Waals surface area contributed by atoms with Gasteiger partial charge in [0.25, 0.3) is 0 Å². The fourth-order valence-electron chi connectivity index (χ4n) is 1.90. The van der Waals surface area contributed by atoms with Crippen LogP contribution in [0.15, 0.2) is 0 Å². The molecule has 1 aliphatic rings. The zero-order chi connectivity index (χ0) is 13.8. The molecule has 0 bridgehead atoms. The molecule has 7 heteroatoms. The highest BCUT2D eigenvalue weighted by Gasteiger charge is 2.35. The Morgan fingerprint density at radius 1 is 1.28 bits per heavy atom. The van der Waals surface area contributed by atoms with Crippen LogP contribution in [-0.2, 0) is 14.4 Å². The van der Waals surface area contributed by atoms with E-state index in [1.165, 1.54) is 0 Å². The van der Waals surface area contributed by atoms with Crippen molar-refractivity contribution in [3.05, 3.63) is 0 Å². The second-order valence-corrected chi connectivity index (χ2v) is 4.78. The zero-order valence-electron chi connectivity index (χ0n) is 10.0. The van der Waals surface area contributed by atoms with Crippen molar-refractivity contribution >= 4 is 17.8 Å². The van der Waals surface area contributed by atoms with E-state index in [0.29, 0.717) is 0 Å². The summed E-state index contributed by atoms with van der Waals surface area (Å²) >= 11 is 0. The number of aliphatic carboxylic acids is 2. The van der Waals surface area contributed by atoms with Gasteiger partial charge in [-0.25, -0.2) is 4.79 Å². The summed E-state index contributed by atoms with van der Waals surface area (Å²) in [5, 5.41) is 19.7. The standard InChI is InChI=1S/C11H18N2O5/c12-11(4-1-5-11)6-8(14)13-7(10(17)18)2-3-9(15)16/h7H,1-6,12H2,(H,13,14)(H,15,16)(H,17,18)/t7-/m0/s1. The summed E-state index contributed by atoms with van der Waals surface area (Å²) in [5.41, 5.74) is 5.36. The Balaban J connectivity index is 2.42. The lowest BCUT2D eigenvalue weighted by Crippen LogP contribution is -2.52. The van der Waals surface area contributed by atoms with Gasteiger partial charge in [-0.3, -0.25) is 9.59 Å². The van der Waals surface area contributed by atoms with Gasteiger partial charge in [0.05, 0.1) is 0 Å². The highest BCUT2D eigenvalue weighted by atomic mass is 16.4. The van der Waals surface area contributed by atoms with Gasteiger partial charge < -0.3 is 21.3 Å². The second kappa shape index (κ2) is 5.81. The number of nitrogens with one attached hydrogen (secondary N) is 1. The summed E-state index contributed by atoms with van der Waals surface area (Å²) in [4.78, 5) is 32.8. The number of amides is 1. The molecule has 0 aromatic carbocycles. The third-order valence-electron chi connectivity index (χ3n) is 3.14. The maximum absolute atomic E-state index is 11.6. The van der Waals surface area contributed by atoms with E-state index in [-0.39, 0.29) is 19.3 Å². The average molecular weight is 258 g/mol. The summed E-state index contributed by atoms with van der Waals surface area (Å²) in [6, 6.07) is -1.17. The van der Waals surface area contributed by atoms with Crippen LogP contribution in [0.1, 0.15) is 38.5 Å². The van der Waals surface area contributed by atoms with Crippen molar-refractivity contribution in [2.45, 2.75) is 50.1 Å². The Morgan fingerprint density at radius 2 is 1.89 bits per heavy atom. The van der Waals surface area contributed by atoms with Crippen LogP contribution < -0.4 is 11.1 Å². The third-order valence-corrected chi connectivity index (χ3v) is 3.14.